The van der Waals surface area contributed by atoms with Gasteiger partial charge < -0.3 is 4.74 Å². The van der Waals surface area contributed by atoms with Crippen molar-refractivity contribution in [1.29, 1.82) is 0 Å². The predicted octanol–water partition coefficient (Wildman–Crippen LogP) is 4.19. The Balaban J connectivity index is 1.91. The van der Waals surface area contributed by atoms with Crippen LogP contribution in [0.2, 0.25) is 16.6 Å². The monoisotopic (exact) mass is 391 g/mol. The first-order valence-corrected chi connectivity index (χ1v) is 11.5. The molecule has 25 heavy (non-hydrogen) atoms. The lowest BCUT2D eigenvalue weighted by atomic mass is 10.3. The zero-order valence-electron chi connectivity index (χ0n) is 14.0. The molecule has 0 aliphatic rings. The number of aromatic nitrogens is 3. The van der Waals surface area contributed by atoms with E-state index in [-0.39, 0.29) is 5.73 Å². The van der Waals surface area contributed by atoms with E-state index in [0.717, 1.165) is 22.5 Å². The van der Waals surface area contributed by atoms with E-state index in [0.29, 0.717) is 5.02 Å². The summed E-state index contributed by atoms with van der Waals surface area (Å²) in [6.07, 6.45) is 1.84. The Morgan fingerprint density at radius 3 is 2.20 bits per heavy atom. The first-order chi connectivity index (χ1) is 12.0. The van der Waals surface area contributed by atoms with E-state index in [9.17, 15) is 0 Å². The molecule has 4 nitrogen and oxygen atoms in total. The largest absolute Gasteiger partial charge is 0.494 e. The Labute approximate surface area is 158 Å². The van der Waals surface area contributed by atoms with Crippen molar-refractivity contribution >= 4 is 36.5 Å². The van der Waals surface area contributed by atoms with E-state index in [4.69, 9.17) is 27.9 Å². The van der Waals surface area contributed by atoms with Crippen molar-refractivity contribution in [3.8, 4) is 5.75 Å². The molecule has 0 amide bonds. The van der Waals surface area contributed by atoms with E-state index in [1.165, 1.54) is 5.19 Å². The first-order valence-electron chi connectivity index (χ1n) is 8.01. The van der Waals surface area contributed by atoms with Crippen LogP contribution in [0, 0.1) is 0 Å². The van der Waals surface area contributed by atoms with Crippen LogP contribution in [-0.2, 0) is 6.04 Å². The molecule has 0 saturated carbocycles. The van der Waals surface area contributed by atoms with Crippen LogP contribution in [0.15, 0.2) is 54.7 Å². The lowest BCUT2D eigenvalue weighted by Crippen LogP contribution is -2.58. The van der Waals surface area contributed by atoms with Crippen molar-refractivity contribution in [2.45, 2.75) is 25.2 Å². The van der Waals surface area contributed by atoms with Gasteiger partial charge in [-0.25, -0.2) is 0 Å². The summed E-state index contributed by atoms with van der Waals surface area (Å²) >= 11 is 12.0. The van der Waals surface area contributed by atoms with Crippen molar-refractivity contribution in [1.82, 2.24) is 15.4 Å². The van der Waals surface area contributed by atoms with E-state index in [2.05, 4.69) is 41.0 Å². The maximum atomic E-state index is 6.28. The topological polar surface area (TPSA) is 50.8 Å². The van der Waals surface area contributed by atoms with Gasteiger partial charge in [-0.2, -0.15) is 0 Å². The van der Waals surface area contributed by atoms with Crippen LogP contribution in [0.1, 0.15) is 12.6 Å². The van der Waals surface area contributed by atoms with Gasteiger partial charge in [0, 0.05) is 16.2 Å². The molecular formula is C18H19Cl2N3OSi. The highest BCUT2D eigenvalue weighted by atomic mass is 35.5. The van der Waals surface area contributed by atoms with Crippen LogP contribution < -0.4 is 9.92 Å². The Bertz CT molecular complexity index is 809. The molecule has 2 aromatic carbocycles. The van der Waals surface area contributed by atoms with Gasteiger partial charge in [0.2, 0.25) is 0 Å². The van der Waals surface area contributed by atoms with Gasteiger partial charge in [0.15, 0.2) is 0 Å². The number of hydrogen-bond acceptors (Lipinski definition) is 3. The molecule has 1 N–H and O–H groups in total. The zero-order chi connectivity index (χ0) is 17.9. The maximum Gasteiger partial charge on any atom is 0.136 e. The van der Waals surface area contributed by atoms with Crippen LogP contribution in [-0.4, -0.2) is 29.2 Å². The summed E-state index contributed by atoms with van der Waals surface area (Å²) in [5.41, 5.74) is 0.960. The summed E-state index contributed by atoms with van der Waals surface area (Å²) in [5, 5.41) is 13.5. The average molecular weight is 392 g/mol. The fourth-order valence-electron chi connectivity index (χ4n) is 2.85. The minimum atomic E-state index is -2.09. The van der Waals surface area contributed by atoms with Gasteiger partial charge in [-0.15, -0.1) is 5.10 Å². The third kappa shape index (κ3) is 4.23. The van der Waals surface area contributed by atoms with Crippen molar-refractivity contribution in [2.24, 2.45) is 0 Å². The number of rotatable bonds is 6. The average Bonchev–Trinajstić information content (AvgIpc) is 3.10. The van der Waals surface area contributed by atoms with Gasteiger partial charge >= 0.3 is 0 Å². The molecule has 0 radical (unpaired) electrons. The van der Waals surface area contributed by atoms with E-state index in [1.54, 1.807) is 0 Å². The molecule has 0 saturated heterocycles. The van der Waals surface area contributed by atoms with E-state index < -0.39 is 8.07 Å². The predicted molar refractivity (Wildman–Crippen MR) is 104 cm³/mol. The smallest absolute Gasteiger partial charge is 0.136 e. The summed E-state index contributed by atoms with van der Waals surface area (Å²) < 4.78 is 6.28. The van der Waals surface area contributed by atoms with E-state index >= 15 is 0 Å². The van der Waals surface area contributed by atoms with Gasteiger partial charge in [-0.05, 0) is 49.4 Å². The molecule has 130 valence electrons. The van der Waals surface area contributed by atoms with Gasteiger partial charge in [0.05, 0.1) is 11.4 Å². The van der Waals surface area contributed by atoms with Gasteiger partial charge in [-0.3, -0.25) is 5.10 Å². The number of nitrogens with one attached hydrogen (secondary N) is 1. The number of nitrogens with zero attached hydrogens (tertiary/aromatic N) is 2. The summed E-state index contributed by atoms with van der Waals surface area (Å²) in [4.78, 5) is 0. The highest BCUT2D eigenvalue weighted by molar-refractivity contribution is 6.91. The molecule has 2 atom stereocenters. The molecule has 7 heteroatoms. The third-order valence-corrected chi connectivity index (χ3v) is 9.71. The molecule has 3 aromatic rings. The van der Waals surface area contributed by atoms with E-state index in [1.807, 2.05) is 42.6 Å². The molecule has 2 unspecified atom stereocenters. The Hall–Kier alpha value is -1.82. The molecular weight excluding hydrogens is 373 g/mol. The standard InChI is InChI=1S/C18H19Cl2N3OSi/c1-13(24-17-7-3-14(19)4-8-17)25(2,12-16-11-21-23-22-16)18-9-5-15(20)6-10-18/h3-11,13H,12H2,1-2H3,(H,21,22,23). The molecule has 3 rings (SSSR count). The molecule has 0 aliphatic heterocycles. The van der Waals surface area contributed by atoms with Crippen LogP contribution in [0.3, 0.4) is 0 Å². The van der Waals surface area contributed by atoms with Crippen LogP contribution in [0.5, 0.6) is 5.75 Å². The zero-order valence-corrected chi connectivity index (χ0v) is 16.6. The summed E-state index contributed by atoms with van der Waals surface area (Å²) in [7, 11) is -2.09. The molecule has 1 heterocycles. The summed E-state index contributed by atoms with van der Waals surface area (Å²) in [6.45, 7) is 4.42. The minimum absolute atomic E-state index is 0.0200. The molecule has 0 aliphatic carbocycles. The Morgan fingerprint density at radius 1 is 1.04 bits per heavy atom. The fraction of sp³-hybridized carbons (Fsp3) is 0.222. The lowest BCUT2D eigenvalue weighted by molar-refractivity contribution is 0.289. The quantitative estimate of drug-likeness (QED) is 0.640. The second kappa shape index (κ2) is 7.60. The SMILES string of the molecule is CC(Oc1ccc(Cl)cc1)[Si](C)(Cc1c[nH]nn1)c1ccc(Cl)cc1. The molecule has 0 spiro atoms. The van der Waals surface area contributed by atoms with Gasteiger partial charge in [0.1, 0.15) is 13.8 Å². The number of hydrogen-bond donors (Lipinski definition) is 1. The van der Waals surface area contributed by atoms with Crippen molar-refractivity contribution in [2.75, 3.05) is 0 Å². The minimum Gasteiger partial charge on any atom is -0.494 e. The highest BCUT2D eigenvalue weighted by Gasteiger charge is 2.38. The van der Waals surface area contributed by atoms with Crippen molar-refractivity contribution in [3.05, 3.63) is 70.5 Å². The number of aromatic amines is 1. The van der Waals surface area contributed by atoms with Crippen LogP contribution >= 0.6 is 23.2 Å². The van der Waals surface area contributed by atoms with Crippen LogP contribution in [0.25, 0.3) is 0 Å². The van der Waals surface area contributed by atoms with Crippen molar-refractivity contribution in [3.63, 3.8) is 0 Å². The maximum absolute atomic E-state index is 6.28. The number of benzene rings is 2. The van der Waals surface area contributed by atoms with Gasteiger partial charge in [-0.1, -0.05) is 52.3 Å². The molecule has 1 aromatic heterocycles. The highest BCUT2D eigenvalue weighted by Crippen LogP contribution is 2.23. The number of halogens is 2. The van der Waals surface area contributed by atoms with Crippen molar-refractivity contribution < 1.29 is 4.74 Å². The third-order valence-electron chi connectivity index (χ3n) is 4.54. The molecule has 0 bridgehead atoms. The molecule has 0 fully saturated rings. The summed E-state index contributed by atoms with van der Waals surface area (Å²) in [5.74, 6) is 0.810. The number of H-pyrrole nitrogens is 1. The Morgan fingerprint density at radius 2 is 1.64 bits per heavy atom. The lowest BCUT2D eigenvalue weighted by Gasteiger charge is -2.34. The summed E-state index contributed by atoms with van der Waals surface area (Å²) in [6, 6.07) is 16.3. The van der Waals surface area contributed by atoms with Crippen LogP contribution in [0.4, 0.5) is 0 Å². The second-order valence-corrected chi connectivity index (χ2v) is 11.7. The normalized spacial score (nSPS) is 14.7. The second-order valence-electron chi connectivity index (χ2n) is 6.28. The first kappa shape index (κ1) is 18.0. The fourth-order valence-corrected chi connectivity index (χ4v) is 6.31. The Kier molecular flexibility index (Phi) is 5.47. The number of ether oxygens (including phenoxy) is 1. The van der Waals surface area contributed by atoms with Gasteiger partial charge in [0.25, 0.3) is 0 Å².